The minimum absolute atomic E-state index is 0.198. The van der Waals surface area contributed by atoms with E-state index in [-0.39, 0.29) is 4.90 Å². The van der Waals surface area contributed by atoms with Gasteiger partial charge in [0.05, 0.1) is 15.6 Å². The SMILES string of the molecule is O=S(=O)(c1ccc2c(c1)OCCO2)N1CCN(c2ccc(-c3ccc(Cl)cc3Cl)nn2)CC1. The third-order valence-electron chi connectivity index (χ3n) is 5.57. The van der Waals surface area contributed by atoms with Crippen LogP contribution in [0.5, 0.6) is 11.5 Å². The Hall–Kier alpha value is -2.59. The third kappa shape index (κ3) is 4.46. The molecule has 0 bridgehead atoms. The van der Waals surface area contributed by atoms with E-state index in [1.807, 2.05) is 17.0 Å². The molecule has 0 aliphatic carbocycles. The van der Waals surface area contributed by atoms with Crippen molar-refractivity contribution < 1.29 is 17.9 Å². The Morgan fingerprint density at radius 1 is 0.818 bits per heavy atom. The molecule has 0 radical (unpaired) electrons. The Morgan fingerprint density at radius 2 is 1.58 bits per heavy atom. The summed E-state index contributed by atoms with van der Waals surface area (Å²) in [5.74, 6) is 1.70. The first kappa shape index (κ1) is 22.2. The Kier molecular flexibility index (Phi) is 6.05. The van der Waals surface area contributed by atoms with E-state index in [1.165, 1.54) is 10.4 Å². The Morgan fingerprint density at radius 3 is 2.27 bits per heavy atom. The van der Waals surface area contributed by atoms with Crippen molar-refractivity contribution in [3.05, 3.63) is 58.6 Å². The van der Waals surface area contributed by atoms with Crippen LogP contribution in [0.15, 0.2) is 53.4 Å². The molecule has 0 N–H and O–H groups in total. The standard InChI is InChI=1S/C22H20Cl2N4O4S/c23-15-1-3-17(18(24)13-15)19-4-6-22(26-25-19)27-7-9-28(10-8-27)33(29,30)16-2-5-20-21(14-16)32-12-11-31-20/h1-6,13-14H,7-12H2. The van der Waals surface area contributed by atoms with E-state index in [0.29, 0.717) is 72.4 Å². The zero-order valence-electron chi connectivity index (χ0n) is 17.4. The van der Waals surface area contributed by atoms with Crippen LogP contribution in [-0.2, 0) is 10.0 Å². The molecule has 3 aromatic rings. The molecule has 0 unspecified atom stereocenters. The number of aromatic nitrogens is 2. The molecule has 0 spiro atoms. The van der Waals surface area contributed by atoms with Crippen molar-refractivity contribution in [3.8, 4) is 22.8 Å². The smallest absolute Gasteiger partial charge is 0.243 e. The maximum Gasteiger partial charge on any atom is 0.243 e. The van der Waals surface area contributed by atoms with E-state index in [4.69, 9.17) is 32.7 Å². The number of halogens is 2. The van der Waals surface area contributed by atoms with E-state index in [1.54, 1.807) is 30.3 Å². The highest BCUT2D eigenvalue weighted by Crippen LogP contribution is 2.34. The van der Waals surface area contributed by atoms with Gasteiger partial charge in [0.25, 0.3) is 0 Å². The molecule has 11 heteroatoms. The summed E-state index contributed by atoms with van der Waals surface area (Å²) in [4.78, 5) is 2.21. The molecule has 1 saturated heterocycles. The lowest BCUT2D eigenvalue weighted by molar-refractivity contribution is 0.171. The molecule has 0 saturated carbocycles. The van der Waals surface area contributed by atoms with Gasteiger partial charge in [0.15, 0.2) is 17.3 Å². The van der Waals surface area contributed by atoms with Gasteiger partial charge in [-0.2, -0.15) is 4.31 Å². The highest BCUT2D eigenvalue weighted by molar-refractivity contribution is 7.89. The van der Waals surface area contributed by atoms with Crippen molar-refractivity contribution in [2.45, 2.75) is 4.90 Å². The van der Waals surface area contributed by atoms with E-state index in [0.717, 1.165) is 5.56 Å². The number of ether oxygens (including phenoxy) is 2. The molecule has 172 valence electrons. The molecule has 3 heterocycles. The van der Waals surface area contributed by atoms with Crippen LogP contribution < -0.4 is 14.4 Å². The number of hydrogen-bond acceptors (Lipinski definition) is 7. The predicted molar refractivity (Wildman–Crippen MR) is 126 cm³/mol. The quantitative estimate of drug-likeness (QED) is 0.532. The molecule has 0 atom stereocenters. The monoisotopic (exact) mass is 506 g/mol. The van der Waals surface area contributed by atoms with Gasteiger partial charge in [-0.1, -0.05) is 23.2 Å². The minimum Gasteiger partial charge on any atom is -0.486 e. The second-order valence-corrected chi connectivity index (χ2v) is 10.4. The second-order valence-electron chi connectivity index (χ2n) is 7.60. The molecule has 1 fully saturated rings. The van der Waals surface area contributed by atoms with Crippen molar-refractivity contribution in [3.63, 3.8) is 0 Å². The molecule has 2 aliphatic rings. The number of nitrogens with zero attached hydrogens (tertiary/aromatic N) is 4. The summed E-state index contributed by atoms with van der Waals surface area (Å²) in [6.07, 6.45) is 0. The molecule has 2 aromatic carbocycles. The maximum absolute atomic E-state index is 13.1. The Balaban J connectivity index is 1.27. The summed E-state index contributed by atoms with van der Waals surface area (Å²) in [5, 5.41) is 9.67. The maximum atomic E-state index is 13.1. The fraction of sp³-hybridized carbons (Fsp3) is 0.273. The van der Waals surface area contributed by atoms with Crippen LogP contribution in [0.25, 0.3) is 11.3 Å². The molecule has 33 heavy (non-hydrogen) atoms. The first-order valence-corrected chi connectivity index (χ1v) is 12.6. The largest absolute Gasteiger partial charge is 0.486 e. The fourth-order valence-electron chi connectivity index (χ4n) is 3.83. The molecular weight excluding hydrogens is 487 g/mol. The van der Waals surface area contributed by atoms with Gasteiger partial charge in [0.1, 0.15) is 13.2 Å². The number of piperazine rings is 1. The van der Waals surface area contributed by atoms with Crippen LogP contribution >= 0.6 is 23.2 Å². The van der Waals surface area contributed by atoms with Gasteiger partial charge in [-0.3, -0.25) is 0 Å². The first-order valence-electron chi connectivity index (χ1n) is 10.4. The lowest BCUT2D eigenvalue weighted by Gasteiger charge is -2.34. The van der Waals surface area contributed by atoms with Gasteiger partial charge in [0.2, 0.25) is 10.0 Å². The lowest BCUT2D eigenvalue weighted by Crippen LogP contribution is -2.49. The lowest BCUT2D eigenvalue weighted by atomic mass is 10.1. The number of fused-ring (bicyclic) bond motifs is 1. The number of benzene rings is 2. The topological polar surface area (TPSA) is 84.9 Å². The van der Waals surface area contributed by atoms with Crippen LogP contribution in [0, 0.1) is 0 Å². The summed E-state index contributed by atoms with van der Waals surface area (Å²) >= 11 is 12.2. The molecule has 0 amide bonds. The predicted octanol–water partition coefficient (Wildman–Crippen LogP) is 3.73. The van der Waals surface area contributed by atoms with Gasteiger partial charge in [0, 0.05) is 42.8 Å². The third-order valence-corrected chi connectivity index (χ3v) is 8.01. The van der Waals surface area contributed by atoms with E-state index < -0.39 is 10.0 Å². The van der Waals surface area contributed by atoms with Crippen molar-refractivity contribution in [1.29, 1.82) is 0 Å². The van der Waals surface area contributed by atoms with Gasteiger partial charge in [-0.05, 0) is 42.5 Å². The summed E-state index contributed by atoms with van der Waals surface area (Å²) in [7, 11) is -3.64. The first-order chi connectivity index (χ1) is 15.9. The average Bonchev–Trinajstić information content (AvgIpc) is 2.84. The number of sulfonamides is 1. The van der Waals surface area contributed by atoms with Gasteiger partial charge < -0.3 is 14.4 Å². The van der Waals surface area contributed by atoms with Crippen LogP contribution in [0.4, 0.5) is 5.82 Å². The van der Waals surface area contributed by atoms with Crippen LogP contribution in [0.2, 0.25) is 10.0 Å². The molecular formula is C22H20Cl2N4O4S. The molecule has 2 aliphatic heterocycles. The summed E-state index contributed by atoms with van der Waals surface area (Å²) in [6.45, 7) is 2.53. The Labute approximate surface area is 201 Å². The average molecular weight is 507 g/mol. The van der Waals surface area contributed by atoms with Gasteiger partial charge in [-0.15, -0.1) is 10.2 Å². The van der Waals surface area contributed by atoms with E-state index >= 15 is 0 Å². The van der Waals surface area contributed by atoms with Crippen LogP contribution in [-0.4, -0.2) is 62.3 Å². The van der Waals surface area contributed by atoms with Crippen molar-refractivity contribution in [2.24, 2.45) is 0 Å². The number of anilines is 1. The summed E-state index contributed by atoms with van der Waals surface area (Å²) in [5.41, 5.74) is 1.38. The highest BCUT2D eigenvalue weighted by atomic mass is 35.5. The van der Waals surface area contributed by atoms with Crippen molar-refractivity contribution >= 4 is 39.0 Å². The van der Waals surface area contributed by atoms with Gasteiger partial charge >= 0.3 is 0 Å². The molecule has 5 rings (SSSR count). The molecule has 8 nitrogen and oxygen atoms in total. The number of hydrogen-bond donors (Lipinski definition) is 0. The van der Waals surface area contributed by atoms with Gasteiger partial charge in [-0.25, -0.2) is 8.42 Å². The van der Waals surface area contributed by atoms with E-state index in [9.17, 15) is 8.42 Å². The van der Waals surface area contributed by atoms with Crippen LogP contribution in [0.1, 0.15) is 0 Å². The zero-order chi connectivity index (χ0) is 23.0. The van der Waals surface area contributed by atoms with Crippen molar-refractivity contribution in [1.82, 2.24) is 14.5 Å². The highest BCUT2D eigenvalue weighted by Gasteiger charge is 2.30. The van der Waals surface area contributed by atoms with Crippen LogP contribution in [0.3, 0.4) is 0 Å². The zero-order valence-corrected chi connectivity index (χ0v) is 19.8. The summed E-state index contributed by atoms with van der Waals surface area (Å²) in [6, 6.07) is 13.6. The Bertz CT molecular complexity index is 1280. The normalized spacial score (nSPS) is 16.6. The minimum atomic E-state index is -3.64. The molecule has 1 aromatic heterocycles. The van der Waals surface area contributed by atoms with E-state index in [2.05, 4.69) is 10.2 Å². The summed E-state index contributed by atoms with van der Waals surface area (Å²) < 4.78 is 38.8. The van der Waals surface area contributed by atoms with Crippen molar-refractivity contribution in [2.75, 3.05) is 44.3 Å². The fourth-order valence-corrected chi connectivity index (χ4v) is 5.77. The second kappa shape index (κ2) is 8.98. The number of rotatable bonds is 4.